The second-order valence-corrected chi connectivity index (χ2v) is 8.93. The maximum Gasteiger partial charge on any atom is 0.137 e. The van der Waals surface area contributed by atoms with Gasteiger partial charge in [-0.2, -0.15) is 5.10 Å². The number of hydrogen-bond acceptors (Lipinski definition) is 5. The van der Waals surface area contributed by atoms with E-state index in [0.29, 0.717) is 5.75 Å². The molecule has 2 N–H and O–H groups in total. The number of thiophene rings is 1. The van der Waals surface area contributed by atoms with Gasteiger partial charge in [-0.05, 0) is 49.4 Å². The van der Waals surface area contributed by atoms with Gasteiger partial charge in [0.25, 0.3) is 0 Å². The predicted molar refractivity (Wildman–Crippen MR) is 129 cm³/mol. The van der Waals surface area contributed by atoms with E-state index >= 15 is 0 Å². The lowest BCUT2D eigenvalue weighted by Gasteiger charge is -2.04. The average Bonchev–Trinajstić information content (AvgIpc) is 3.55. The van der Waals surface area contributed by atoms with Crippen LogP contribution in [0.2, 0.25) is 0 Å². The third-order valence-corrected chi connectivity index (χ3v) is 6.61. The first-order valence-corrected chi connectivity index (χ1v) is 11.0. The van der Waals surface area contributed by atoms with Crippen molar-refractivity contribution in [3.63, 3.8) is 0 Å². The highest BCUT2D eigenvalue weighted by Gasteiger charge is 2.16. The molecular formula is C25H19N5OS. The highest BCUT2D eigenvalue weighted by Crippen LogP contribution is 2.36. The van der Waals surface area contributed by atoms with Crippen LogP contribution in [0.25, 0.3) is 55.0 Å². The average molecular weight is 438 g/mol. The number of hydrogen-bond donors (Lipinski definition) is 2. The van der Waals surface area contributed by atoms with Crippen molar-refractivity contribution in [3.8, 4) is 38.8 Å². The number of fused-ring (bicyclic) bond motifs is 2. The van der Waals surface area contributed by atoms with Crippen molar-refractivity contribution in [1.82, 2.24) is 25.1 Å². The number of nitrogens with zero attached hydrogens (tertiary/aromatic N) is 3. The summed E-state index contributed by atoms with van der Waals surface area (Å²) in [6, 6.07) is 18.7. The minimum atomic E-state index is 0.698. The van der Waals surface area contributed by atoms with Gasteiger partial charge in [-0.1, -0.05) is 12.1 Å². The minimum Gasteiger partial charge on any atom is -0.495 e. The molecule has 0 bridgehead atoms. The molecule has 0 fully saturated rings. The number of H-pyrrole nitrogens is 2. The number of aromatic amines is 2. The zero-order chi connectivity index (χ0) is 21.7. The Morgan fingerprint density at radius 1 is 0.969 bits per heavy atom. The normalized spacial score (nSPS) is 11.4. The van der Waals surface area contributed by atoms with Gasteiger partial charge in [0, 0.05) is 38.0 Å². The van der Waals surface area contributed by atoms with Crippen molar-refractivity contribution in [3.05, 3.63) is 71.9 Å². The summed E-state index contributed by atoms with van der Waals surface area (Å²) in [5.74, 6) is 0.698. The Hall–Kier alpha value is -3.97. The van der Waals surface area contributed by atoms with Crippen molar-refractivity contribution >= 4 is 33.3 Å². The highest BCUT2D eigenvalue weighted by molar-refractivity contribution is 7.15. The van der Waals surface area contributed by atoms with Gasteiger partial charge < -0.3 is 9.72 Å². The molecule has 0 saturated heterocycles. The fourth-order valence-corrected chi connectivity index (χ4v) is 4.90. The quantitative estimate of drug-likeness (QED) is 0.343. The molecule has 0 aliphatic heterocycles. The van der Waals surface area contributed by atoms with Crippen LogP contribution in [0.3, 0.4) is 0 Å². The van der Waals surface area contributed by atoms with Gasteiger partial charge in [-0.15, -0.1) is 11.3 Å². The summed E-state index contributed by atoms with van der Waals surface area (Å²) >= 11 is 1.80. The standard InChI is InChI=1S/C25H19N5OS/c1-14-6-9-23(32-14)17-4-3-5-20-18(17)11-22(27-20)25-24-21(29-30-25)8-7-19(28-24)15-10-16(31-2)13-26-12-15/h3-13,27H,1-2H3,(H,29,30). The van der Waals surface area contributed by atoms with Crippen LogP contribution in [0.1, 0.15) is 4.88 Å². The van der Waals surface area contributed by atoms with E-state index in [4.69, 9.17) is 9.72 Å². The van der Waals surface area contributed by atoms with Crippen LogP contribution in [-0.4, -0.2) is 32.3 Å². The number of aromatic nitrogens is 5. The Balaban J connectivity index is 1.49. The molecule has 0 spiro atoms. The zero-order valence-electron chi connectivity index (χ0n) is 17.5. The molecule has 0 radical (unpaired) electrons. The number of aryl methyl sites for hydroxylation is 1. The molecule has 0 atom stereocenters. The Kier molecular flexibility index (Phi) is 4.29. The van der Waals surface area contributed by atoms with Crippen LogP contribution in [0, 0.1) is 6.92 Å². The van der Waals surface area contributed by atoms with Crippen LogP contribution in [0.5, 0.6) is 5.75 Å². The lowest BCUT2D eigenvalue weighted by atomic mass is 10.1. The first-order chi connectivity index (χ1) is 15.7. The van der Waals surface area contributed by atoms with Crippen LogP contribution in [-0.2, 0) is 0 Å². The summed E-state index contributed by atoms with van der Waals surface area (Å²) in [4.78, 5) is 15.3. The molecule has 0 amide bonds. The molecule has 6 nitrogen and oxygen atoms in total. The third-order valence-electron chi connectivity index (χ3n) is 5.58. The van der Waals surface area contributed by atoms with Crippen molar-refractivity contribution in [2.75, 3.05) is 7.11 Å². The number of pyridine rings is 2. The Morgan fingerprint density at radius 3 is 2.75 bits per heavy atom. The molecule has 5 aromatic heterocycles. The molecule has 32 heavy (non-hydrogen) atoms. The zero-order valence-corrected chi connectivity index (χ0v) is 18.3. The first-order valence-electron chi connectivity index (χ1n) is 10.2. The minimum absolute atomic E-state index is 0.698. The van der Waals surface area contributed by atoms with Gasteiger partial charge >= 0.3 is 0 Å². The highest BCUT2D eigenvalue weighted by atomic mass is 32.1. The van der Waals surface area contributed by atoms with Gasteiger partial charge in [-0.25, -0.2) is 4.98 Å². The van der Waals surface area contributed by atoms with Crippen molar-refractivity contribution in [2.45, 2.75) is 6.92 Å². The lowest BCUT2D eigenvalue weighted by Crippen LogP contribution is -1.89. The third kappa shape index (κ3) is 3.06. The van der Waals surface area contributed by atoms with Crippen molar-refractivity contribution in [1.29, 1.82) is 0 Å². The van der Waals surface area contributed by atoms with Gasteiger partial charge in [-0.3, -0.25) is 10.1 Å². The molecule has 1 aromatic carbocycles. The number of ether oxygens (including phenoxy) is 1. The van der Waals surface area contributed by atoms with Crippen LogP contribution < -0.4 is 4.74 Å². The first kappa shape index (κ1) is 18.8. The van der Waals surface area contributed by atoms with Gasteiger partial charge in [0.2, 0.25) is 0 Å². The van der Waals surface area contributed by atoms with E-state index in [2.05, 4.69) is 63.5 Å². The Labute approximate surface area is 187 Å². The molecule has 0 aliphatic carbocycles. The summed E-state index contributed by atoms with van der Waals surface area (Å²) in [5, 5.41) is 8.87. The second kappa shape index (κ2) is 7.32. The maximum atomic E-state index is 5.31. The molecule has 156 valence electrons. The van der Waals surface area contributed by atoms with Crippen molar-refractivity contribution < 1.29 is 4.74 Å². The molecule has 0 saturated carbocycles. The second-order valence-electron chi connectivity index (χ2n) is 7.64. The summed E-state index contributed by atoms with van der Waals surface area (Å²) in [6.07, 6.45) is 3.47. The summed E-state index contributed by atoms with van der Waals surface area (Å²) < 4.78 is 5.31. The van der Waals surface area contributed by atoms with Gasteiger partial charge in [0.1, 0.15) is 17.0 Å². The fourth-order valence-electron chi connectivity index (χ4n) is 3.99. The van der Waals surface area contributed by atoms with E-state index in [1.165, 1.54) is 20.7 Å². The van der Waals surface area contributed by atoms with E-state index in [1.54, 1.807) is 30.8 Å². The SMILES string of the molecule is COc1cncc(-c2ccc3[nH]nc(-c4cc5c(-c6ccc(C)s6)cccc5[nH]4)c3n2)c1. The number of methoxy groups -OCH3 is 1. The van der Waals surface area contributed by atoms with E-state index < -0.39 is 0 Å². The van der Waals surface area contributed by atoms with Gasteiger partial charge in [0.05, 0.1) is 30.2 Å². The molecular weight excluding hydrogens is 418 g/mol. The topological polar surface area (TPSA) is 79.5 Å². The molecule has 6 aromatic rings. The van der Waals surface area contributed by atoms with E-state index in [9.17, 15) is 0 Å². The van der Waals surface area contributed by atoms with E-state index in [1.807, 2.05) is 18.2 Å². The fraction of sp³-hybridized carbons (Fsp3) is 0.0800. The molecule has 5 heterocycles. The Bertz CT molecular complexity index is 1590. The van der Waals surface area contributed by atoms with Gasteiger partial charge in [0.15, 0.2) is 0 Å². The van der Waals surface area contributed by atoms with Crippen LogP contribution in [0.4, 0.5) is 0 Å². The maximum absolute atomic E-state index is 5.31. The number of rotatable bonds is 4. The summed E-state index contributed by atoms with van der Waals surface area (Å²) in [5.41, 5.74) is 7.43. The summed E-state index contributed by atoms with van der Waals surface area (Å²) in [6.45, 7) is 2.13. The molecule has 6 rings (SSSR count). The summed E-state index contributed by atoms with van der Waals surface area (Å²) in [7, 11) is 1.63. The van der Waals surface area contributed by atoms with Crippen LogP contribution in [0.15, 0.2) is 67.0 Å². The smallest absolute Gasteiger partial charge is 0.137 e. The Morgan fingerprint density at radius 2 is 1.91 bits per heavy atom. The van der Waals surface area contributed by atoms with Crippen molar-refractivity contribution in [2.24, 2.45) is 0 Å². The number of nitrogens with one attached hydrogen (secondary N) is 2. The largest absolute Gasteiger partial charge is 0.495 e. The van der Waals surface area contributed by atoms with E-state index in [0.717, 1.165) is 39.2 Å². The van der Waals surface area contributed by atoms with Crippen LogP contribution >= 0.6 is 11.3 Å². The number of benzene rings is 1. The monoisotopic (exact) mass is 437 g/mol. The molecule has 0 aliphatic rings. The molecule has 0 unspecified atom stereocenters. The van der Waals surface area contributed by atoms with E-state index in [-0.39, 0.29) is 0 Å². The lowest BCUT2D eigenvalue weighted by molar-refractivity contribution is 0.413. The molecule has 7 heteroatoms. The predicted octanol–water partition coefficient (Wildman–Crippen LogP) is 6.21.